The topological polar surface area (TPSA) is 20.2 Å². The molecule has 0 spiro atoms. The molecule has 1 aromatic rings. The molecule has 19 heavy (non-hydrogen) atoms. The maximum Gasteiger partial charge on any atom is 0.137 e. The van der Waals surface area contributed by atoms with Crippen molar-refractivity contribution in [1.82, 2.24) is 0 Å². The average Bonchev–Trinajstić information content (AvgIpc) is 2.38. The van der Waals surface area contributed by atoms with E-state index in [1.54, 1.807) is 6.07 Å². The predicted octanol–water partition coefficient (Wildman–Crippen LogP) is 4.85. The number of rotatable bonds is 4. The highest BCUT2D eigenvalue weighted by molar-refractivity contribution is 9.10. The van der Waals surface area contributed by atoms with Crippen LogP contribution in [0.4, 0.5) is 4.39 Å². The molecule has 1 saturated carbocycles. The Morgan fingerprint density at radius 2 is 2.05 bits per heavy atom. The molecule has 0 amide bonds. The van der Waals surface area contributed by atoms with Gasteiger partial charge in [-0.15, -0.1) is 0 Å². The van der Waals surface area contributed by atoms with Crippen LogP contribution in [0, 0.1) is 11.7 Å². The van der Waals surface area contributed by atoms with Gasteiger partial charge in [-0.05, 0) is 59.2 Å². The molecule has 0 saturated heterocycles. The molecule has 0 atom stereocenters. The zero-order valence-electron chi connectivity index (χ0n) is 11.5. The van der Waals surface area contributed by atoms with Gasteiger partial charge in [-0.1, -0.05) is 31.9 Å². The number of hydrogen-bond donors (Lipinski definition) is 1. The highest BCUT2D eigenvalue weighted by Gasteiger charge is 2.33. The van der Waals surface area contributed by atoms with Crippen LogP contribution in [0.15, 0.2) is 22.7 Å². The summed E-state index contributed by atoms with van der Waals surface area (Å²) in [6, 6.07) is 5.04. The minimum atomic E-state index is -0.652. The summed E-state index contributed by atoms with van der Waals surface area (Å²) in [4.78, 5) is 0. The van der Waals surface area contributed by atoms with E-state index < -0.39 is 5.60 Å². The van der Waals surface area contributed by atoms with Crippen LogP contribution in [-0.4, -0.2) is 10.7 Å². The summed E-state index contributed by atoms with van der Waals surface area (Å²) < 4.78 is 14.0. The Kier molecular flexibility index (Phi) is 5.02. The van der Waals surface area contributed by atoms with E-state index in [0.717, 1.165) is 37.2 Å². The maximum atomic E-state index is 13.5. The van der Waals surface area contributed by atoms with Crippen molar-refractivity contribution in [2.24, 2.45) is 5.92 Å². The highest BCUT2D eigenvalue weighted by Crippen LogP contribution is 2.37. The molecule has 1 fully saturated rings. The molecular formula is C16H22BrFO. The van der Waals surface area contributed by atoms with Crippen LogP contribution in [0.2, 0.25) is 0 Å². The van der Waals surface area contributed by atoms with E-state index in [1.165, 1.54) is 18.9 Å². The Balaban J connectivity index is 2.01. The fourth-order valence-corrected chi connectivity index (χ4v) is 3.53. The van der Waals surface area contributed by atoms with Crippen molar-refractivity contribution in [3.63, 3.8) is 0 Å². The van der Waals surface area contributed by atoms with E-state index in [1.807, 2.05) is 6.07 Å². The molecule has 0 unspecified atom stereocenters. The van der Waals surface area contributed by atoms with Crippen LogP contribution < -0.4 is 0 Å². The summed E-state index contributed by atoms with van der Waals surface area (Å²) in [6.45, 7) is 2.21. The first-order valence-electron chi connectivity index (χ1n) is 7.19. The van der Waals surface area contributed by atoms with Gasteiger partial charge in [0.15, 0.2) is 0 Å². The van der Waals surface area contributed by atoms with Crippen LogP contribution in [0.3, 0.4) is 0 Å². The average molecular weight is 329 g/mol. The molecule has 1 aromatic carbocycles. The summed E-state index contributed by atoms with van der Waals surface area (Å²) in [5.74, 6) is 0.516. The maximum absolute atomic E-state index is 13.5. The molecule has 0 radical (unpaired) electrons. The van der Waals surface area contributed by atoms with E-state index in [-0.39, 0.29) is 5.82 Å². The van der Waals surface area contributed by atoms with Gasteiger partial charge >= 0.3 is 0 Å². The van der Waals surface area contributed by atoms with E-state index in [9.17, 15) is 9.50 Å². The van der Waals surface area contributed by atoms with Gasteiger partial charge in [-0.2, -0.15) is 0 Å². The third-order valence-electron chi connectivity index (χ3n) is 4.28. The minimum absolute atomic E-state index is 0.249. The van der Waals surface area contributed by atoms with Gasteiger partial charge < -0.3 is 5.11 Å². The largest absolute Gasteiger partial charge is 0.390 e. The van der Waals surface area contributed by atoms with Gasteiger partial charge in [-0.3, -0.25) is 0 Å². The molecule has 1 N–H and O–H groups in total. The smallest absolute Gasteiger partial charge is 0.137 e. The van der Waals surface area contributed by atoms with Gasteiger partial charge in [0, 0.05) is 6.42 Å². The van der Waals surface area contributed by atoms with Gasteiger partial charge in [0.2, 0.25) is 0 Å². The van der Waals surface area contributed by atoms with Crippen LogP contribution in [-0.2, 0) is 6.42 Å². The Morgan fingerprint density at radius 3 is 2.68 bits per heavy atom. The van der Waals surface area contributed by atoms with Crippen molar-refractivity contribution >= 4 is 15.9 Å². The molecule has 106 valence electrons. The third kappa shape index (κ3) is 3.79. The van der Waals surface area contributed by atoms with E-state index >= 15 is 0 Å². The summed E-state index contributed by atoms with van der Waals surface area (Å²) in [5.41, 5.74) is 0.219. The normalized spacial score (nSPS) is 27.5. The van der Waals surface area contributed by atoms with Crippen molar-refractivity contribution in [1.29, 1.82) is 0 Å². The van der Waals surface area contributed by atoms with Crippen molar-refractivity contribution in [2.45, 2.75) is 57.5 Å². The standard InChI is InChI=1S/C16H22BrFO/c1-2-4-12-7-9-16(19,10-8-12)11-13-5-3-6-14(18)15(13)17/h3,5-6,12,19H,2,4,7-11H2,1H3. The van der Waals surface area contributed by atoms with Crippen LogP contribution in [0.5, 0.6) is 0 Å². The van der Waals surface area contributed by atoms with E-state index in [2.05, 4.69) is 22.9 Å². The van der Waals surface area contributed by atoms with Gasteiger partial charge in [0.1, 0.15) is 5.82 Å². The second-order valence-corrected chi connectivity index (χ2v) is 6.64. The van der Waals surface area contributed by atoms with Crippen LogP contribution >= 0.6 is 15.9 Å². The number of aliphatic hydroxyl groups is 1. The Hall–Kier alpha value is -0.410. The lowest BCUT2D eigenvalue weighted by Gasteiger charge is -2.36. The predicted molar refractivity (Wildman–Crippen MR) is 79.6 cm³/mol. The van der Waals surface area contributed by atoms with Gasteiger partial charge in [0.25, 0.3) is 0 Å². The Morgan fingerprint density at radius 1 is 1.37 bits per heavy atom. The monoisotopic (exact) mass is 328 g/mol. The fourth-order valence-electron chi connectivity index (χ4n) is 3.13. The zero-order valence-corrected chi connectivity index (χ0v) is 13.0. The van der Waals surface area contributed by atoms with Gasteiger partial charge in [0.05, 0.1) is 10.1 Å². The molecule has 1 nitrogen and oxygen atoms in total. The van der Waals surface area contributed by atoms with Crippen molar-refractivity contribution in [2.75, 3.05) is 0 Å². The first kappa shape index (κ1) is 15.0. The summed E-state index contributed by atoms with van der Waals surface area (Å²) in [6.07, 6.45) is 6.89. The summed E-state index contributed by atoms with van der Waals surface area (Å²) >= 11 is 3.28. The highest BCUT2D eigenvalue weighted by atomic mass is 79.9. The molecule has 1 aliphatic carbocycles. The molecule has 0 heterocycles. The van der Waals surface area contributed by atoms with Gasteiger partial charge in [-0.25, -0.2) is 4.39 Å². The second-order valence-electron chi connectivity index (χ2n) is 5.85. The summed E-state index contributed by atoms with van der Waals surface area (Å²) in [5, 5.41) is 10.7. The number of halogens is 2. The summed E-state index contributed by atoms with van der Waals surface area (Å²) in [7, 11) is 0. The van der Waals surface area contributed by atoms with E-state index in [4.69, 9.17) is 0 Å². The molecule has 1 aliphatic rings. The molecular weight excluding hydrogens is 307 g/mol. The Bertz CT molecular complexity index is 425. The fraction of sp³-hybridized carbons (Fsp3) is 0.625. The van der Waals surface area contributed by atoms with E-state index in [0.29, 0.717) is 10.9 Å². The molecule has 3 heteroatoms. The SMILES string of the molecule is CCCC1CCC(O)(Cc2cccc(F)c2Br)CC1. The second kappa shape index (κ2) is 6.36. The zero-order chi connectivity index (χ0) is 13.9. The van der Waals surface area contributed by atoms with Crippen LogP contribution in [0.25, 0.3) is 0 Å². The number of benzene rings is 1. The first-order valence-corrected chi connectivity index (χ1v) is 7.98. The van der Waals surface area contributed by atoms with Crippen molar-refractivity contribution < 1.29 is 9.50 Å². The lowest BCUT2D eigenvalue weighted by Crippen LogP contribution is -2.36. The molecule has 0 aliphatic heterocycles. The van der Waals surface area contributed by atoms with Crippen molar-refractivity contribution in [3.05, 3.63) is 34.1 Å². The van der Waals surface area contributed by atoms with Crippen LogP contribution in [0.1, 0.15) is 51.0 Å². The quantitative estimate of drug-likeness (QED) is 0.837. The molecule has 2 rings (SSSR count). The molecule has 0 aromatic heterocycles. The third-order valence-corrected chi connectivity index (χ3v) is 5.17. The first-order chi connectivity index (χ1) is 9.04. The number of hydrogen-bond acceptors (Lipinski definition) is 1. The Labute approximate surface area is 123 Å². The minimum Gasteiger partial charge on any atom is -0.390 e. The lowest BCUT2D eigenvalue weighted by atomic mass is 9.75. The van der Waals surface area contributed by atoms with Crippen molar-refractivity contribution in [3.8, 4) is 0 Å². The lowest BCUT2D eigenvalue weighted by molar-refractivity contribution is -0.0100. The molecule has 0 bridgehead atoms.